The van der Waals surface area contributed by atoms with Crippen LogP contribution in [0, 0.1) is 5.92 Å². The summed E-state index contributed by atoms with van der Waals surface area (Å²) < 4.78 is 32.8. The summed E-state index contributed by atoms with van der Waals surface area (Å²) in [6.45, 7) is 4.34. The molecule has 2 aromatic carbocycles. The summed E-state index contributed by atoms with van der Waals surface area (Å²) in [7, 11) is -3.82. The van der Waals surface area contributed by atoms with Crippen LogP contribution in [0.1, 0.15) is 26.7 Å². The fourth-order valence-electron chi connectivity index (χ4n) is 3.35. The lowest BCUT2D eigenvalue weighted by atomic mass is 9.97. The second-order valence-corrected chi connectivity index (χ2v) is 10.1. The first kappa shape index (κ1) is 22.9. The molecule has 0 radical (unpaired) electrons. The zero-order chi connectivity index (χ0) is 21.9. The number of piperidine rings is 1. The molecule has 1 N–H and O–H groups in total. The van der Waals surface area contributed by atoms with Crippen LogP contribution < -0.4 is 10.1 Å². The Bertz CT molecular complexity index is 982. The molecule has 162 valence electrons. The SMILES string of the molecule is CC(C)Oc1ccc(NC(=O)C2CCN(S(=O)(=O)c3c(Cl)cccc3Cl)CC2)cc1. The highest BCUT2D eigenvalue weighted by atomic mass is 35.5. The number of hydrogen-bond acceptors (Lipinski definition) is 4. The van der Waals surface area contributed by atoms with Gasteiger partial charge in [0.25, 0.3) is 0 Å². The van der Waals surface area contributed by atoms with Gasteiger partial charge in [0, 0.05) is 24.7 Å². The number of nitrogens with one attached hydrogen (secondary N) is 1. The van der Waals surface area contributed by atoms with Gasteiger partial charge < -0.3 is 10.1 Å². The molecule has 0 bridgehead atoms. The van der Waals surface area contributed by atoms with E-state index in [2.05, 4.69) is 5.32 Å². The predicted octanol–water partition coefficient (Wildman–Crippen LogP) is 4.82. The molecule has 1 aliphatic rings. The molecule has 1 fully saturated rings. The number of carbonyl (C=O) groups excluding carboxylic acids is 1. The van der Waals surface area contributed by atoms with Crippen LogP contribution in [0.15, 0.2) is 47.4 Å². The summed E-state index contributed by atoms with van der Waals surface area (Å²) in [6, 6.07) is 11.8. The molecular weight excluding hydrogens is 447 g/mol. The topological polar surface area (TPSA) is 75.7 Å². The maximum absolute atomic E-state index is 12.9. The monoisotopic (exact) mass is 470 g/mol. The van der Waals surface area contributed by atoms with Crippen LogP contribution in [0.25, 0.3) is 0 Å². The zero-order valence-corrected chi connectivity index (χ0v) is 19.1. The van der Waals surface area contributed by atoms with Gasteiger partial charge in [-0.1, -0.05) is 29.3 Å². The van der Waals surface area contributed by atoms with Crippen molar-refractivity contribution in [1.29, 1.82) is 0 Å². The van der Waals surface area contributed by atoms with Gasteiger partial charge in [-0.2, -0.15) is 4.31 Å². The molecule has 0 spiro atoms. The molecule has 1 aliphatic heterocycles. The van der Waals surface area contributed by atoms with Crippen molar-refractivity contribution in [2.24, 2.45) is 5.92 Å². The third-order valence-corrected chi connectivity index (χ3v) is 7.69. The number of rotatable bonds is 6. The van der Waals surface area contributed by atoms with E-state index in [9.17, 15) is 13.2 Å². The van der Waals surface area contributed by atoms with Crippen LogP contribution in [-0.4, -0.2) is 37.8 Å². The van der Waals surface area contributed by atoms with Crippen LogP contribution in [-0.2, 0) is 14.8 Å². The number of halogens is 2. The van der Waals surface area contributed by atoms with E-state index in [-0.39, 0.29) is 46.0 Å². The molecule has 2 aromatic rings. The van der Waals surface area contributed by atoms with Crippen molar-refractivity contribution in [2.45, 2.75) is 37.7 Å². The second-order valence-electron chi connectivity index (χ2n) is 7.41. The van der Waals surface area contributed by atoms with Crippen molar-refractivity contribution < 1.29 is 17.9 Å². The minimum atomic E-state index is -3.82. The van der Waals surface area contributed by atoms with Gasteiger partial charge in [-0.15, -0.1) is 0 Å². The van der Waals surface area contributed by atoms with Gasteiger partial charge >= 0.3 is 0 Å². The van der Waals surface area contributed by atoms with Crippen molar-refractivity contribution in [2.75, 3.05) is 18.4 Å². The maximum Gasteiger partial charge on any atom is 0.246 e. The average Bonchev–Trinajstić information content (AvgIpc) is 2.69. The Balaban J connectivity index is 1.60. The number of hydrogen-bond donors (Lipinski definition) is 1. The minimum Gasteiger partial charge on any atom is -0.491 e. The van der Waals surface area contributed by atoms with Crippen LogP contribution in [0.4, 0.5) is 5.69 Å². The smallest absolute Gasteiger partial charge is 0.246 e. The number of amides is 1. The molecule has 6 nitrogen and oxygen atoms in total. The first-order valence-corrected chi connectivity index (χ1v) is 11.9. The minimum absolute atomic E-state index is 0.0764. The lowest BCUT2D eigenvalue weighted by molar-refractivity contribution is -0.120. The zero-order valence-electron chi connectivity index (χ0n) is 16.8. The number of sulfonamides is 1. The Morgan fingerprint density at radius 3 is 2.17 bits per heavy atom. The van der Waals surface area contributed by atoms with Crippen molar-refractivity contribution in [3.8, 4) is 5.75 Å². The Kier molecular flexibility index (Phi) is 7.29. The molecule has 0 atom stereocenters. The highest BCUT2D eigenvalue weighted by Crippen LogP contribution is 2.33. The molecule has 30 heavy (non-hydrogen) atoms. The fourth-order valence-corrected chi connectivity index (χ4v) is 5.91. The predicted molar refractivity (Wildman–Crippen MR) is 119 cm³/mol. The van der Waals surface area contributed by atoms with Crippen LogP contribution in [0.5, 0.6) is 5.75 Å². The lowest BCUT2D eigenvalue weighted by Crippen LogP contribution is -2.41. The number of anilines is 1. The Hall–Kier alpha value is -1.80. The van der Waals surface area contributed by atoms with Crippen LogP contribution in [0.3, 0.4) is 0 Å². The summed E-state index contributed by atoms with van der Waals surface area (Å²) in [5, 5.41) is 3.07. The molecule has 0 aliphatic carbocycles. The van der Waals surface area contributed by atoms with Gasteiger partial charge in [0.1, 0.15) is 10.6 Å². The number of carbonyl (C=O) groups is 1. The van der Waals surface area contributed by atoms with Gasteiger partial charge in [0.2, 0.25) is 15.9 Å². The largest absolute Gasteiger partial charge is 0.491 e. The Morgan fingerprint density at radius 1 is 1.07 bits per heavy atom. The third kappa shape index (κ3) is 5.27. The van der Waals surface area contributed by atoms with E-state index in [1.54, 1.807) is 30.3 Å². The number of benzene rings is 2. The molecule has 0 saturated carbocycles. The van der Waals surface area contributed by atoms with E-state index in [0.29, 0.717) is 18.5 Å². The third-order valence-electron chi connectivity index (χ3n) is 4.84. The van der Waals surface area contributed by atoms with Gasteiger partial charge in [-0.3, -0.25) is 4.79 Å². The molecule has 9 heteroatoms. The van der Waals surface area contributed by atoms with Crippen LogP contribution in [0.2, 0.25) is 10.0 Å². The van der Waals surface area contributed by atoms with E-state index in [1.807, 2.05) is 13.8 Å². The standard InChI is InChI=1S/C21H24Cl2N2O4S/c1-14(2)29-17-8-6-16(7-9-17)24-21(26)15-10-12-25(13-11-15)30(27,28)20-18(22)4-3-5-19(20)23/h3-9,14-15H,10-13H2,1-2H3,(H,24,26). The molecule has 1 amide bonds. The van der Waals surface area contributed by atoms with Gasteiger partial charge in [0.15, 0.2) is 0 Å². The fraction of sp³-hybridized carbons (Fsp3) is 0.381. The normalized spacial score (nSPS) is 15.9. The van der Waals surface area contributed by atoms with Gasteiger partial charge in [0.05, 0.1) is 16.1 Å². The molecular formula is C21H24Cl2N2O4S. The van der Waals surface area contributed by atoms with E-state index in [4.69, 9.17) is 27.9 Å². The first-order valence-electron chi connectivity index (χ1n) is 9.70. The summed E-state index contributed by atoms with van der Waals surface area (Å²) in [6.07, 6.45) is 0.913. The summed E-state index contributed by atoms with van der Waals surface area (Å²) in [4.78, 5) is 12.5. The summed E-state index contributed by atoms with van der Waals surface area (Å²) in [5.41, 5.74) is 0.675. The first-order chi connectivity index (χ1) is 14.2. The number of ether oxygens (including phenoxy) is 1. The highest BCUT2D eigenvalue weighted by molar-refractivity contribution is 7.89. The highest BCUT2D eigenvalue weighted by Gasteiger charge is 2.34. The summed E-state index contributed by atoms with van der Waals surface area (Å²) in [5.74, 6) is 0.338. The quantitative estimate of drug-likeness (QED) is 0.656. The van der Waals surface area contributed by atoms with Crippen molar-refractivity contribution in [3.05, 3.63) is 52.5 Å². The van der Waals surface area contributed by atoms with Gasteiger partial charge in [-0.25, -0.2) is 8.42 Å². The van der Waals surface area contributed by atoms with E-state index in [1.165, 1.54) is 16.4 Å². The maximum atomic E-state index is 12.9. The van der Waals surface area contributed by atoms with E-state index in [0.717, 1.165) is 5.75 Å². The summed E-state index contributed by atoms with van der Waals surface area (Å²) >= 11 is 12.2. The van der Waals surface area contributed by atoms with E-state index >= 15 is 0 Å². The Labute approximate surface area is 187 Å². The molecule has 1 saturated heterocycles. The average molecular weight is 471 g/mol. The van der Waals surface area contributed by atoms with Crippen molar-refractivity contribution in [1.82, 2.24) is 4.31 Å². The van der Waals surface area contributed by atoms with Crippen LogP contribution >= 0.6 is 23.2 Å². The van der Waals surface area contributed by atoms with Crippen molar-refractivity contribution in [3.63, 3.8) is 0 Å². The van der Waals surface area contributed by atoms with E-state index < -0.39 is 10.0 Å². The molecule has 0 unspecified atom stereocenters. The molecule has 0 aromatic heterocycles. The molecule has 3 rings (SSSR count). The number of nitrogens with zero attached hydrogens (tertiary/aromatic N) is 1. The van der Waals surface area contributed by atoms with Gasteiger partial charge in [-0.05, 0) is 63.1 Å². The second kappa shape index (κ2) is 9.56. The lowest BCUT2D eigenvalue weighted by Gasteiger charge is -2.31. The Morgan fingerprint density at radius 2 is 1.63 bits per heavy atom. The van der Waals surface area contributed by atoms with Crippen molar-refractivity contribution >= 4 is 44.8 Å². The molecule has 1 heterocycles.